The Bertz CT molecular complexity index is 1190. The molecule has 1 amide bonds. The van der Waals surface area contributed by atoms with E-state index in [9.17, 15) is 13.2 Å². The molecule has 0 bridgehead atoms. The molecule has 1 N–H and O–H groups in total. The summed E-state index contributed by atoms with van der Waals surface area (Å²) in [5, 5.41) is 2.83. The van der Waals surface area contributed by atoms with E-state index in [-0.39, 0.29) is 17.0 Å². The molecule has 4 rings (SSSR count). The second-order valence-electron chi connectivity index (χ2n) is 7.92. The summed E-state index contributed by atoms with van der Waals surface area (Å²) in [7, 11) is -3.72. The maximum absolute atomic E-state index is 13.1. The van der Waals surface area contributed by atoms with Gasteiger partial charge in [-0.3, -0.25) is 4.79 Å². The van der Waals surface area contributed by atoms with Crippen LogP contribution in [0.5, 0.6) is 5.88 Å². The fraction of sp³-hybridized carbons (Fsp3) is 0.280. The standard InChI is InChI=1S/C25H27N3O4S/c29-25(22-11-5-6-12-23(22)33(30,31)28-15-7-2-8-16-28)27-18-21-13-14-26-24(17-21)32-19-20-9-3-1-4-10-20/h1,3-6,9-14,17H,2,7-8,15-16,18-19H2,(H,27,29). The third-order valence-corrected chi connectivity index (χ3v) is 7.50. The van der Waals surface area contributed by atoms with Crippen LogP contribution in [0.3, 0.4) is 0 Å². The van der Waals surface area contributed by atoms with Crippen LogP contribution in [0.2, 0.25) is 0 Å². The summed E-state index contributed by atoms with van der Waals surface area (Å²) in [4.78, 5) is 17.2. The molecule has 1 aromatic heterocycles. The Morgan fingerprint density at radius 3 is 2.45 bits per heavy atom. The van der Waals surface area contributed by atoms with Gasteiger partial charge in [0.1, 0.15) is 6.61 Å². The van der Waals surface area contributed by atoms with Crippen molar-refractivity contribution in [3.63, 3.8) is 0 Å². The van der Waals surface area contributed by atoms with Gasteiger partial charge in [-0.05, 0) is 42.2 Å². The van der Waals surface area contributed by atoms with Crippen molar-refractivity contribution in [3.05, 3.63) is 89.6 Å². The number of benzene rings is 2. The lowest BCUT2D eigenvalue weighted by Gasteiger charge is -2.26. The molecule has 0 atom stereocenters. The van der Waals surface area contributed by atoms with Gasteiger partial charge in [-0.2, -0.15) is 4.31 Å². The maximum Gasteiger partial charge on any atom is 0.252 e. The Balaban J connectivity index is 1.42. The topological polar surface area (TPSA) is 88.6 Å². The first-order valence-corrected chi connectivity index (χ1v) is 12.5. The SMILES string of the molecule is O=C(NCc1ccnc(OCc2ccccc2)c1)c1ccccc1S(=O)(=O)N1CCCCC1. The van der Waals surface area contributed by atoms with Crippen molar-refractivity contribution in [1.29, 1.82) is 0 Å². The van der Waals surface area contributed by atoms with Crippen molar-refractivity contribution in [2.45, 2.75) is 37.3 Å². The normalized spacial score (nSPS) is 14.5. The quantitative estimate of drug-likeness (QED) is 0.547. The van der Waals surface area contributed by atoms with E-state index in [1.54, 1.807) is 36.5 Å². The van der Waals surface area contributed by atoms with Gasteiger partial charge in [-0.1, -0.05) is 48.9 Å². The predicted molar refractivity (Wildman–Crippen MR) is 125 cm³/mol. The molecule has 7 nitrogen and oxygen atoms in total. The summed E-state index contributed by atoms with van der Waals surface area (Å²) in [6.07, 6.45) is 4.32. The number of ether oxygens (including phenoxy) is 1. The first-order chi connectivity index (χ1) is 16.0. The smallest absolute Gasteiger partial charge is 0.252 e. The van der Waals surface area contributed by atoms with Gasteiger partial charge in [0, 0.05) is 31.9 Å². The number of sulfonamides is 1. The fourth-order valence-electron chi connectivity index (χ4n) is 3.77. The van der Waals surface area contributed by atoms with Crippen LogP contribution in [0.25, 0.3) is 0 Å². The highest BCUT2D eigenvalue weighted by Gasteiger charge is 2.29. The van der Waals surface area contributed by atoms with Gasteiger partial charge in [0.05, 0.1) is 10.5 Å². The molecule has 33 heavy (non-hydrogen) atoms. The summed E-state index contributed by atoms with van der Waals surface area (Å²) in [6.45, 7) is 1.59. The number of pyridine rings is 1. The van der Waals surface area contributed by atoms with Crippen LogP contribution in [0.15, 0.2) is 77.8 Å². The number of nitrogens with zero attached hydrogens (tertiary/aromatic N) is 2. The number of aromatic nitrogens is 1. The average molecular weight is 466 g/mol. The molecule has 0 spiro atoms. The van der Waals surface area contributed by atoms with Gasteiger partial charge in [0.15, 0.2) is 0 Å². The van der Waals surface area contributed by atoms with Crippen molar-refractivity contribution < 1.29 is 17.9 Å². The Morgan fingerprint density at radius 2 is 1.67 bits per heavy atom. The molecule has 1 aliphatic heterocycles. The van der Waals surface area contributed by atoms with Gasteiger partial charge in [0.2, 0.25) is 15.9 Å². The van der Waals surface area contributed by atoms with Crippen LogP contribution in [-0.2, 0) is 23.2 Å². The van der Waals surface area contributed by atoms with Crippen LogP contribution < -0.4 is 10.1 Å². The predicted octanol–water partition coefficient (Wildman–Crippen LogP) is 3.77. The number of carbonyl (C=O) groups is 1. The molecule has 2 heterocycles. The molecule has 2 aromatic carbocycles. The lowest BCUT2D eigenvalue weighted by Crippen LogP contribution is -2.37. The lowest BCUT2D eigenvalue weighted by molar-refractivity contribution is 0.0947. The van der Waals surface area contributed by atoms with Gasteiger partial charge in [-0.15, -0.1) is 0 Å². The molecule has 0 saturated carbocycles. The number of amides is 1. The Kier molecular flexibility index (Phi) is 7.36. The molecule has 1 fully saturated rings. The lowest BCUT2D eigenvalue weighted by atomic mass is 10.2. The third-order valence-electron chi connectivity index (χ3n) is 5.55. The number of piperidine rings is 1. The van der Waals surface area contributed by atoms with E-state index in [0.717, 1.165) is 30.4 Å². The monoisotopic (exact) mass is 465 g/mol. The number of hydrogen-bond donors (Lipinski definition) is 1. The largest absolute Gasteiger partial charge is 0.473 e. The molecular formula is C25H27N3O4S. The Morgan fingerprint density at radius 1 is 0.939 bits per heavy atom. The second kappa shape index (κ2) is 10.6. The Labute approximate surface area is 194 Å². The summed E-state index contributed by atoms with van der Waals surface area (Å²) in [5.41, 5.74) is 1.99. The minimum absolute atomic E-state index is 0.0472. The zero-order valence-electron chi connectivity index (χ0n) is 18.3. The molecule has 0 aliphatic carbocycles. The summed E-state index contributed by atoms with van der Waals surface area (Å²) >= 11 is 0. The highest BCUT2D eigenvalue weighted by molar-refractivity contribution is 7.89. The maximum atomic E-state index is 13.1. The van der Waals surface area contributed by atoms with Crippen molar-refractivity contribution in [2.75, 3.05) is 13.1 Å². The van der Waals surface area contributed by atoms with Gasteiger partial charge in [-0.25, -0.2) is 13.4 Å². The van der Waals surface area contributed by atoms with Gasteiger partial charge >= 0.3 is 0 Å². The molecule has 1 saturated heterocycles. The van der Waals surface area contributed by atoms with E-state index in [2.05, 4.69) is 10.3 Å². The minimum Gasteiger partial charge on any atom is -0.473 e. The van der Waals surface area contributed by atoms with Crippen molar-refractivity contribution in [2.24, 2.45) is 0 Å². The molecule has 0 unspecified atom stereocenters. The number of nitrogens with one attached hydrogen (secondary N) is 1. The van der Waals surface area contributed by atoms with E-state index < -0.39 is 15.9 Å². The minimum atomic E-state index is -3.72. The number of hydrogen-bond acceptors (Lipinski definition) is 5. The van der Waals surface area contributed by atoms with Crippen LogP contribution in [0, 0.1) is 0 Å². The van der Waals surface area contributed by atoms with E-state index in [0.29, 0.717) is 25.6 Å². The van der Waals surface area contributed by atoms with Crippen LogP contribution in [-0.4, -0.2) is 36.7 Å². The molecule has 0 radical (unpaired) electrons. The number of rotatable bonds is 8. The molecule has 172 valence electrons. The molecular weight excluding hydrogens is 438 g/mol. The molecule has 8 heteroatoms. The zero-order chi connectivity index (χ0) is 23.1. The molecule has 1 aliphatic rings. The highest BCUT2D eigenvalue weighted by Crippen LogP contribution is 2.23. The summed E-state index contributed by atoms with van der Waals surface area (Å²) < 4.78 is 33.5. The van der Waals surface area contributed by atoms with E-state index in [1.165, 1.54) is 10.4 Å². The van der Waals surface area contributed by atoms with Crippen molar-refractivity contribution >= 4 is 15.9 Å². The summed E-state index contributed by atoms with van der Waals surface area (Å²) in [5.74, 6) is 0.0217. The Hall–Kier alpha value is -3.23. The van der Waals surface area contributed by atoms with Gasteiger partial charge < -0.3 is 10.1 Å². The van der Waals surface area contributed by atoms with Gasteiger partial charge in [0.25, 0.3) is 5.91 Å². The van der Waals surface area contributed by atoms with Crippen molar-refractivity contribution in [1.82, 2.24) is 14.6 Å². The fourth-order valence-corrected chi connectivity index (χ4v) is 5.48. The first kappa shape index (κ1) is 22.9. The first-order valence-electron chi connectivity index (χ1n) is 11.0. The average Bonchev–Trinajstić information content (AvgIpc) is 2.87. The van der Waals surface area contributed by atoms with E-state index in [4.69, 9.17) is 4.74 Å². The van der Waals surface area contributed by atoms with Crippen LogP contribution in [0.1, 0.15) is 40.7 Å². The highest BCUT2D eigenvalue weighted by atomic mass is 32.2. The zero-order valence-corrected chi connectivity index (χ0v) is 19.1. The van der Waals surface area contributed by atoms with E-state index >= 15 is 0 Å². The van der Waals surface area contributed by atoms with Crippen LogP contribution in [0.4, 0.5) is 0 Å². The van der Waals surface area contributed by atoms with Crippen LogP contribution >= 0.6 is 0 Å². The van der Waals surface area contributed by atoms with E-state index in [1.807, 2.05) is 30.3 Å². The molecule has 3 aromatic rings. The summed E-state index contributed by atoms with van der Waals surface area (Å²) in [6, 6.07) is 19.7. The van der Waals surface area contributed by atoms with Crippen molar-refractivity contribution in [3.8, 4) is 5.88 Å². The third kappa shape index (κ3) is 5.77. The number of carbonyl (C=O) groups excluding carboxylic acids is 1. The second-order valence-corrected chi connectivity index (χ2v) is 9.83.